The van der Waals surface area contributed by atoms with E-state index in [0.717, 1.165) is 5.56 Å². The largest absolute Gasteiger partial charge is 0.507 e. The number of benzene rings is 3. The predicted octanol–water partition coefficient (Wildman–Crippen LogP) is 2.82. The molecule has 1 fully saturated rings. The minimum Gasteiger partial charge on any atom is -0.507 e. The van der Waals surface area contributed by atoms with E-state index >= 15 is 0 Å². The van der Waals surface area contributed by atoms with E-state index in [2.05, 4.69) is 0 Å². The Morgan fingerprint density at radius 3 is 2.42 bits per heavy atom. The number of aliphatic hydroxyl groups excluding tert-OH is 2. The van der Waals surface area contributed by atoms with Gasteiger partial charge in [0.15, 0.2) is 6.10 Å². The molecule has 0 unspecified atom stereocenters. The Balaban J connectivity index is 1.41. The molecule has 3 aromatic rings. The first kappa shape index (κ1) is 24.0. The summed E-state index contributed by atoms with van der Waals surface area (Å²) in [6.45, 7) is 1.66. The van der Waals surface area contributed by atoms with Gasteiger partial charge in [0.2, 0.25) is 5.78 Å². The molecule has 8 nitrogen and oxygen atoms in total. The van der Waals surface area contributed by atoms with Crippen molar-refractivity contribution in [1.82, 2.24) is 0 Å². The van der Waals surface area contributed by atoms with Gasteiger partial charge in [-0.1, -0.05) is 36.4 Å². The van der Waals surface area contributed by atoms with Gasteiger partial charge in [0.1, 0.15) is 23.7 Å². The molecule has 5 rings (SSSR count). The summed E-state index contributed by atoms with van der Waals surface area (Å²) in [6.07, 6.45) is -4.55. The van der Waals surface area contributed by atoms with Crippen molar-refractivity contribution in [3.63, 3.8) is 0 Å². The summed E-state index contributed by atoms with van der Waals surface area (Å²) in [4.78, 5) is 25.6. The van der Waals surface area contributed by atoms with E-state index in [1.165, 1.54) is 12.1 Å². The van der Waals surface area contributed by atoms with Crippen molar-refractivity contribution in [3.05, 3.63) is 94.0 Å². The molecule has 5 atom stereocenters. The third-order valence-corrected chi connectivity index (χ3v) is 6.89. The van der Waals surface area contributed by atoms with Gasteiger partial charge in [-0.3, -0.25) is 4.79 Å². The average molecular weight is 491 g/mol. The number of ketones is 1. The van der Waals surface area contributed by atoms with Crippen LogP contribution in [0.2, 0.25) is 0 Å². The van der Waals surface area contributed by atoms with Gasteiger partial charge < -0.3 is 29.9 Å². The van der Waals surface area contributed by atoms with Crippen molar-refractivity contribution in [2.75, 3.05) is 6.61 Å². The highest BCUT2D eigenvalue weighted by Crippen LogP contribution is 2.46. The van der Waals surface area contributed by atoms with Crippen LogP contribution in [0.3, 0.4) is 0 Å². The molecule has 186 valence electrons. The van der Waals surface area contributed by atoms with Crippen LogP contribution >= 0.6 is 0 Å². The Bertz CT molecular complexity index is 1320. The number of aryl methyl sites for hydroxylation is 1. The molecule has 0 saturated carbocycles. The zero-order valence-corrected chi connectivity index (χ0v) is 19.5. The number of phenols is 2. The third kappa shape index (κ3) is 4.13. The van der Waals surface area contributed by atoms with Gasteiger partial charge in [0.05, 0.1) is 29.4 Å². The Morgan fingerprint density at radius 2 is 1.67 bits per heavy atom. The molecule has 0 amide bonds. The summed E-state index contributed by atoms with van der Waals surface area (Å²) in [7, 11) is 0. The average Bonchev–Trinajstić information content (AvgIpc) is 2.85. The van der Waals surface area contributed by atoms with Gasteiger partial charge in [-0.05, 0) is 54.3 Å². The van der Waals surface area contributed by atoms with E-state index in [9.17, 15) is 30.0 Å². The van der Waals surface area contributed by atoms with Crippen LogP contribution in [0.5, 0.6) is 11.5 Å². The zero-order chi connectivity index (χ0) is 25.6. The number of hydrogen-bond donors (Lipinski definition) is 4. The first-order valence-electron chi connectivity index (χ1n) is 11.7. The molecule has 2 aliphatic rings. The number of ether oxygens (including phenoxy) is 2. The van der Waals surface area contributed by atoms with E-state index in [-0.39, 0.29) is 35.7 Å². The number of rotatable bonds is 4. The fraction of sp³-hybridized carbons (Fsp3) is 0.286. The highest BCUT2D eigenvalue weighted by molar-refractivity contribution is 6.16. The second kappa shape index (κ2) is 9.39. The van der Waals surface area contributed by atoms with Gasteiger partial charge in [0.25, 0.3) is 0 Å². The predicted molar refractivity (Wildman–Crippen MR) is 128 cm³/mol. The number of carbonyl (C=O) groups excluding carboxylic acids is 2. The zero-order valence-electron chi connectivity index (χ0n) is 19.5. The Hall–Kier alpha value is -3.72. The van der Waals surface area contributed by atoms with Crippen molar-refractivity contribution in [1.29, 1.82) is 0 Å². The molecule has 1 aliphatic carbocycles. The fourth-order valence-electron chi connectivity index (χ4n) is 5.14. The fourth-order valence-corrected chi connectivity index (χ4v) is 5.14. The van der Waals surface area contributed by atoms with Gasteiger partial charge in [-0.2, -0.15) is 0 Å². The summed E-state index contributed by atoms with van der Waals surface area (Å²) in [5, 5.41) is 42.7. The number of aromatic hydroxyl groups is 2. The lowest BCUT2D eigenvalue weighted by molar-refractivity contribution is -0.189. The molecule has 0 radical (unpaired) electrons. The molecule has 1 saturated heterocycles. The molecule has 1 heterocycles. The standard InChI is InChI=1S/C28H26O8/c1-14-10-18-17(16-8-5-9-19(29)23(16)27(33)24(18)20(30)11-14)12-21-25(31)26(32)22(13-35-21)36-28(34)15-6-3-2-4-7-15/h2-11,17,21-22,25-26,29-32H,12-13H2,1H3/t17-,21+,22+,25+,26+/m0/s1. The second-order valence-corrected chi connectivity index (χ2v) is 9.27. The van der Waals surface area contributed by atoms with Gasteiger partial charge >= 0.3 is 5.97 Å². The molecule has 3 aromatic carbocycles. The molecule has 8 heteroatoms. The lowest BCUT2D eigenvalue weighted by atomic mass is 9.73. The van der Waals surface area contributed by atoms with Crippen LogP contribution in [0.1, 0.15) is 55.3 Å². The maximum Gasteiger partial charge on any atom is 0.338 e. The summed E-state index contributed by atoms with van der Waals surface area (Å²) in [5.41, 5.74) is 2.34. The Morgan fingerprint density at radius 1 is 0.944 bits per heavy atom. The van der Waals surface area contributed by atoms with Crippen molar-refractivity contribution < 1.29 is 39.5 Å². The van der Waals surface area contributed by atoms with Crippen molar-refractivity contribution in [2.24, 2.45) is 0 Å². The number of hydrogen-bond acceptors (Lipinski definition) is 8. The number of carbonyl (C=O) groups is 2. The normalized spacial score (nSPS) is 25.1. The minimum absolute atomic E-state index is 0.0923. The van der Waals surface area contributed by atoms with Crippen molar-refractivity contribution in [2.45, 2.75) is 43.7 Å². The van der Waals surface area contributed by atoms with Gasteiger partial charge in [-0.25, -0.2) is 4.79 Å². The van der Waals surface area contributed by atoms with E-state index in [1.807, 2.05) is 0 Å². The quantitative estimate of drug-likeness (QED) is 0.411. The van der Waals surface area contributed by atoms with Crippen LogP contribution in [0.4, 0.5) is 0 Å². The summed E-state index contributed by atoms with van der Waals surface area (Å²) in [6, 6.07) is 16.4. The Kier molecular flexibility index (Phi) is 6.26. The first-order chi connectivity index (χ1) is 17.3. The van der Waals surface area contributed by atoms with E-state index < -0.39 is 42.1 Å². The molecule has 36 heavy (non-hydrogen) atoms. The number of fused-ring (bicyclic) bond motifs is 2. The van der Waals surface area contributed by atoms with E-state index in [4.69, 9.17) is 9.47 Å². The molecule has 4 N–H and O–H groups in total. The SMILES string of the molecule is Cc1cc(O)c2c(c1)[C@@H](C[C@H]1OC[C@@H](OC(=O)c3ccccc3)[C@@H](O)[C@@H]1O)c1cccc(O)c1C2=O. The lowest BCUT2D eigenvalue weighted by Crippen LogP contribution is -2.54. The highest BCUT2D eigenvalue weighted by atomic mass is 16.6. The highest BCUT2D eigenvalue weighted by Gasteiger charge is 2.44. The van der Waals surface area contributed by atoms with Gasteiger partial charge in [0, 0.05) is 5.92 Å². The van der Waals surface area contributed by atoms with Crippen LogP contribution in [0.15, 0.2) is 60.7 Å². The molecule has 1 aliphatic heterocycles. The summed E-state index contributed by atoms with van der Waals surface area (Å²) < 4.78 is 11.3. The van der Waals surface area contributed by atoms with Crippen LogP contribution in [-0.4, -0.2) is 63.2 Å². The number of esters is 1. The minimum atomic E-state index is -1.39. The van der Waals surface area contributed by atoms with Crippen LogP contribution in [0.25, 0.3) is 0 Å². The van der Waals surface area contributed by atoms with E-state index in [1.54, 1.807) is 55.5 Å². The van der Waals surface area contributed by atoms with Crippen molar-refractivity contribution in [3.8, 4) is 11.5 Å². The summed E-state index contributed by atoms with van der Waals surface area (Å²) >= 11 is 0. The molecular weight excluding hydrogens is 464 g/mol. The van der Waals surface area contributed by atoms with Gasteiger partial charge in [-0.15, -0.1) is 0 Å². The molecule has 0 spiro atoms. The maximum absolute atomic E-state index is 13.2. The molecular formula is C28H26O8. The topological polar surface area (TPSA) is 134 Å². The molecule has 0 aromatic heterocycles. The van der Waals surface area contributed by atoms with Crippen LogP contribution in [0, 0.1) is 6.92 Å². The number of phenolic OH excluding ortho intramolecular Hbond substituents is 2. The Labute approximate surface area is 207 Å². The third-order valence-electron chi connectivity index (χ3n) is 6.89. The van der Waals surface area contributed by atoms with Crippen LogP contribution < -0.4 is 0 Å². The lowest BCUT2D eigenvalue weighted by Gasteiger charge is -2.39. The monoisotopic (exact) mass is 490 g/mol. The first-order valence-corrected chi connectivity index (χ1v) is 11.7. The number of aliphatic hydroxyl groups is 2. The van der Waals surface area contributed by atoms with Crippen molar-refractivity contribution >= 4 is 11.8 Å². The molecule has 0 bridgehead atoms. The summed E-state index contributed by atoms with van der Waals surface area (Å²) in [5.74, 6) is -2.02. The van der Waals surface area contributed by atoms with E-state index in [0.29, 0.717) is 16.7 Å². The van der Waals surface area contributed by atoms with Crippen LogP contribution in [-0.2, 0) is 9.47 Å². The second-order valence-electron chi connectivity index (χ2n) is 9.27. The smallest absolute Gasteiger partial charge is 0.338 e. The maximum atomic E-state index is 13.2.